The molecule has 0 radical (unpaired) electrons. The zero-order chi connectivity index (χ0) is 15.0. The Morgan fingerprint density at radius 1 is 1.14 bits per heavy atom. The summed E-state index contributed by atoms with van der Waals surface area (Å²) in [5.41, 5.74) is 0.753. The predicted molar refractivity (Wildman–Crippen MR) is 81.1 cm³/mol. The molecule has 4 nitrogen and oxygen atoms in total. The van der Waals surface area contributed by atoms with Crippen LogP contribution < -0.4 is 10.2 Å². The van der Waals surface area contributed by atoms with E-state index in [1.807, 2.05) is 0 Å². The summed E-state index contributed by atoms with van der Waals surface area (Å²) in [6, 6.07) is 11.1. The van der Waals surface area contributed by atoms with Crippen LogP contribution in [0, 0.1) is 0 Å². The molecule has 3 rings (SSSR count). The van der Waals surface area contributed by atoms with Gasteiger partial charge in [0, 0.05) is 28.8 Å². The summed E-state index contributed by atoms with van der Waals surface area (Å²) in [6.45, 7) is 0. The van der Waals surface area contributed by atoms with Crippen LogP contribution in [-0.2, 0) is 0 Å². The zero-order valence-corrected chi connectivity index (χ0v) is 11.8. The van der Waals surface area contributed by atoms with Crippen molar-refractivity contribution in [2.24, 2.45) is 0 Å². The van der Waals surface area contributed by atoms with E-state index in [2.05, 4.69) is 0 Å². The Hall–Kier alpha value is -2.46. The van der Waals surface area contributed by atoms with Crippen molar-refractivity contribution in [1.29, 1.82) is 0 Å². The average Bonchev–Trinajstić information content (AvgIpc) is 2.46. The van der Waals surface area contributed by atoms with E-state index in [1.54, 1.807) is 24.3 Å². The summed E-state index contributed by atoms with van der Waals surface area (Å²) in [6.07, 6.45) is 0. The highest BCUT2D eigenvalue weighted by Gasteiger charge is 2.13. The fraction of sp³-hybridized carbons (Fsp3) is 0.0625. The van der Waals surface area contributed by atoms with Gasteiger partial charge in [0.2, 0.25) is 0 Å². The van der Waals surface area contributed by atoms with Gasteiger partial charge in [-0.2, -0.15) is 0 Å². The molecule has 0 saturated heterocycles. The number of rotatable bonds is 2. The second kappa shape index (κ2) is 5.14. The van der Waals surface area contributed by atoms with E-state index in [4.69, 9.17) is 20.8 Å². The summed E-state index contributed by atoms with van der Waals surface area (Å²) in [5.74, 6) is 0.647. The number of methoxy groups -OCH3 is 1. The van der Waals surface area contributed by atoms with Gasteiger partial charge in [0.1, 0.15) is 28.2 Å². The summed E-state index contributed by atoms with van der Waals surface area (Å²) in [4.78, 5) is 12.3. The smallest absolute Gasteiger partial charge is 0.197 e. The Morgan fingerprint density at radius 2 is 1.86 bits per heavy atom. The Balaban J connectivity index is 2.28. The molecule has 0 saturated carbocycles. The van der Waals surface area contributed by atoms with Crippen LogP contribution in [0.15, 0.2) is 51.7 Å². The first-order chi connectivity index (χ1) is 10.1. The van der Waals surface area contributed by atoms with E-state index >= 15 is 0 Å². The third-order valence-electron chi connectivity index (χ3n) is 3.13. The predicted octanol–water partition coefficient (Wildman–Crippen LogP) is 3.83. The van der Waals surface area contributed by atoms with Gasteiger partial charge in [-0.3, -0.25) is 4.79 Å². The fourth-order valence-electron chi connectivity index (χ4n) is 2.16. The first-order valence-corrected chi connectivity index (χ1v) is 6.57. The van der Waals surface area contributed by atoms with E-state index in [9.17, 15) is 9.90 Å². The molecule has 0 aliphatic carbocycles. The molecule has 0 spiro atoms. The Labute approximate surface area is 125 Å². The third kappa shape index (κ3) is 2.45. The van der Waals surface area contributed by atoms with Crippen LogP contribution in [0.3, 0.4) is 0 Å². The van der Waals surface area contributed by atoms with Crippen molar-refractivity contribution >= 4 is 22.6 Å². The molecule has 2 aromatic carbocycles. The standard InChI is InChI=1S/C16H11ClO4/c1-20-14-6-11(18)7-15-16(14)12(19)8-13(21-15)9-2-4-10(17)5-3-9/h2-8,18H,1H3. The van der Waals surface area contributed by atoms with Crippen LogP contribution in [-0.4, -0.2) is 12.2 Å². The van der Waals surface area contributed by atoms with Gasteiger partial charge < -0.3 is 14.3 Å². The molecule has 21 heavy (non-hydrogen) atoms. The first-order valence-electron chi connectivity index (χ1n) is 6.19. The SMILES string of the molecule is COc1cc(O)cc2oc(-c3ccc(Cl)cc3)cc(=O)c12. The normalized spacial score (nSPS) is 10.8. The molecule has 1 aromatic heterocycles. The minimum Gasteiger partial charge on any atom is -0.508 e. The second-order valence-electron chi connectivity index (χ2n) is 4.50. The number of ether oxygens (including phenoxy) is 1. The fourth-order valence-corrected chi connectivity index (χ4v) is 2.28. The summed E-state index contributed by atoms with van der Waals surface area (Å²) >= 11 is 5.84. The molecule has 0 unspecified atom stereocenters. The van der Waals surface area contributed by atoms with Crippen molar-refractivity contribution in [2.45, 2.75) is 0 Å². The topological polar surface area (TPSA) is 59.7 Å². The summed E-state index contributed by atoms with van der Waals surface area (Å²) in [7, 11) is 1.43. The lowest BCUT2D eigenvalue weighted by atomic mass is 10.1. The molecule has 0 bridgehead atoms. The first kappa shape index (κ1) is 13.5. The lowest BCUT2D eigenvalue weighted by Crippen LogP contribution is -2.02. The van der Waals surface area contributed by atoms with Crippen LogP contribution in [0.25, 0.3) is 22.3 Å². The quantitative estimate of drug-likeness (QED) is 0.781. The molecule has 1 N–H and O–H groups in total. The summed E-state index contributed by atoms with van der Waals surface area (Å²) in [5, 5.41) is 10.6. The number of halogens is 1. The molecule has 106 valence electrons. The van der Waals surface area contributed by atoms with Crippen LogP contribution in [0.5, 0.6) is 11.5 Å². The Morgan fingerprint density at radius 3 is 2.52 bits per heavy atom. The van der Waals surface area contributed by atoms with Crippen LogP contribution in [0.4, 0.5) is 0 Å². The lowest BCUT2D eigenvalue weighted by molar-refractivity contribution is 0.411. The van der Waals surface area contributed by atoms with Gasteiger partial charge in [-0.05, 0) is 24.3 Å². The maximum Gasteiger partial charge on any atom is 0.197 e. The number of benzene rings is 2. The molecule has 5 heteroatoms. The van der Waals surface area contributed by atoms with Gasteiger partial charge in [0.05, 0.1) is 7.11 Å². The molecule has 0 aliphatic heterocycles. The number of phenols is 1. The summed E-state index contributed by atoms with van der Waals surface area (Å²) < 4.78 is 10.8. The van der Waals surface area contributed by atoms with Crippen molar-refractivity contribution in [3.63, 3.8) is 0 Å². The van der Waals surface area contributed by atoms with Gasteiger partial charge >= 0.3 is 0 Å². The maximum absolute atomic E-state index is 12.3. The molecule has 3 aromatic rings. The van der Waals surface area contributed by atoms with Crippen molar-refractivity contribution in [2.75, 3.05) is 7.11 Å². The highest BCUT2D eigenvalue weighted by atomic mass is 35.5. The van der Waals surface area contributed by atoms with E-state index in [0.29, 0.717) is 16.2 Å². The van der Waals surface area contributed by atoms with Crippen LogP contribution in [0.1, 0.15) is 0 Å². The lowest BCUT2D eigenvalue weighted by Gasteiger charge is -2.07. The van der Waals surface area contributed by atoms with Crippen molar-refractivity contribution < 1.29 is 14.3 Å². The second-order valence-corrected chi connectivity index (χ2v) is 4.94. The number of hydrogen-bond acceptors (Lipinski definition) is 4. The molecular weight excluding hydrogens is 292 g/mol. The number of hydrogen-bond donors (Lipinski definition) is 1. The monoisotopic (exact) mass is 302 g/mol. The van der Waals surface area contributed by atoms with Crippen molar-refractivity contribution in [1.82, 2.24) is 0 Å². The van der Waals surface area contributed by atoms with Gasteiger partial charge in [-0.1, -0.05) is 11.6 Å². The van der Waals surface area contributed by atoms with Gasteiger partial charge in [0.15, 0.2) is 5.43 Å². The molecule has 0 atom stereocenters. The third-order valence-corrected chi connectivity index (χ3v) is 3.38. The minimum atomic E-state index is -0.238. The highest BCUT2D eigenvalue weighted by Crippen LogP contribution is 2.31. The van der Waals surface area contributed by atoms with Gasteiger partial charge in [-0.25, -0.2) is 0 Å². The molecule has 0 fully saturated rings. The largest absolute Gasteiger partial charge is 0.508 e. The van der Waals surface area contributed by atoms with Crippen LogP contribution in [0.2, 0.25) is 5.02 Å². The van der Waals surface area contributed by atoms with E-state index in [0.717, 1.165) is 5.56 Å². The molecular formula is C16H11ClO4. The molecule has 0 amide bonds. The zero-order valence-electron chi connectivity index (χ0n) is 11.1. The van der Waals surface area contributed by atoms with E-state index in [1.165, 1.54) is 25.3 Å². The highest BCUT2D eigenvalue weighted by molar-refractivity contribution is 6.30. The van der Waals surface area contributed by atoms with E-state index in [-0.39, 0.29) is 22.5 Å². The maximum atomic E-state index is 12.3. The number of aromatic hydroxyl groups is 1. The van der Waals surface area contributed by atoms with Gasteiger partial charge in [-0.15, -0.1) is 0 Å². The Kier molecular flexibility index (Phi) is 3.31. The van der Waals surface area contributed by atoms with Crippen LogP contribution >= 0.6 is 11.6 Å². The van der Waals surface area contributed by atoms with Crippen molar-refractivity contribution in [3.8, 4) is 22.8 Å². The van der Waals surface area contributed by atoms with Gasteiger partial charge in [0.25, 0.3) is 0 Å². The molecule has 1 heterocycles. The number of phenolic OH excluding ortho intramolecular Hbond substituents is 1. The Bertz CT molecular complexity index is 866. The average molecular weight is 303 g/mol. The van der Waals surface area contributed by atoms with E-state index < -0.39 is 0 Å². The molecule has 0 aliphatic rings. The van der Waals surface area contributed by atoms with Crippen molar-refractivity contribution in [3.05, 3.63) is 57.7 Å². The minimum absolute atomic E-state index is 0.0317. The number of fused-ring (bicyclic) bond motifs is 1.